The molecule has 5 nitrogen and oxygen atoms in total. The lowest BCUT2D eigenvalue weighted by Gasteiger charge is -2.16. The molecule has 1 heterocycles. The molecule has 3 rings (SSSR count). The normalized spacial score (nSPS) is 15.5. The average molecular weight is 324 g/mol. The van der Waals surface area contributed by atoms with Crippen molar-refractivity contribution in [1.82, 2.24) is 15.3 Å². The molecule has 0 aliphatic heterocycles. The molecule has 1 aliphatic rings. The van der Waals surface area contributed by atoms with Gasteiger partial charge in [-0.05, 0) is 31.9 Å². The molecule has 1 saturated carbocycles. The lowest BCUT2D eigenvalue weighted by Crippen LogP contribution is -2.34. The van der Waals surface area contributed by atoms with Crippen molar-refractivity contribution in [1.29, 1.82) is 0 Å². The van der Waals surface area contributed by atoms with E-state index < -0.39 is 0 Å². The maximum absolute atomic E-state index is 12.3. The lowest BCUT2D eigenvalue weighted by atomic mass is 10.1. The van der Waals surface area contributed by atoms with Gasteiger partial charge in [-0.1, -0.05) is 43.4 Å². The molecule has 1 amide bonds. The van der Waals surface area contributed by atoms with Gasteiger partial charge in [-0.15, -0.1) is 0 Å². The molecule has 2 N–H and O–H groups in total. The molecule has 0 bridgehead atoms. The maximum atomic E-state index is 12.3. The van der Waals surface area contributed by atoms with E-state index in [0.29, 0.717) is 11.5 Å². The summed E-state index contributed by atoms with van der Waals surface area (Å²) in [5, 5.41) is 6.24. The molecule has 0 saturated heterocycles. The topological polar surface area (TPSA) is 66.9 Å². The van der Waals surface area contributed by atoms with Crippen molar-refractivity contribution in [2.75, 3.05) is 5.32 Å². The van der Waals surface area contributed by atoms with Gasteiger partial charge in [0.15, 0.2) is 0 Å². The van der Waals surface area contributed by atoms with E-state index >= 15 is 0 Å². The van der Waals surface area contributed by atoms with E-state index in [-0.39, 0.29) is 11.9 Å². The number of nitrogens with zero attached hydrogens (tertiary/aromatic N) is 2. The number of benzene rings is 1. The predicted octanol–water partition coefficient (Wildman–Crippen LogP) is 3.98. The number of hydrogen-bond donors (Lipinski definition) is 2. The van der Waals surface area contributed by atoms with Crippen molar-refractivity contribution >= 4 is 17.5 Å². The molecule has 1 fully saturated rings. The predicted molar refractivity (Wildman–Crippen MR) is 95.4 cm³/mol. The smallest absolute Gasteiger partial charge is 0.254 e. The van der Waals surface area contributed by atoms with Crippen LogP contribution >= 0.6 is 0 Å². The number of amides is 1. The molecule has 1 aromatic heterocycles. The van der Waals surface area contributed by atoms with E-state index in [0.717, 1.165) is 18.5 Å². The Morgan fingerprint density at radius 1 is 1.00 bits per heavy atom. The summed E-state index contributed by atoms with van der Waals surface area (Å²) < 4.78 is 0. The number of anilines is 2. The Morgan fingerprint density at radius 2 is 1.62 bits per heavy atom. The minimum Gasteiger partial charge on any atom is -0.349 e. The molecular formula is C19H24N4O. The van der Waals surface area contributed by atoms with Gasteiger partial charge in [-0.25, -0.2) is 9.97 Å². The highest BCUT2D eigenvalue weighted by Crippen LogP contribution is 2.18. The van der Waals surface area contributed by atoms with Crippen molar-refractivity contribution < 1.29 is 4.79 Å². The zero-order valence-electron chi connectivity index (χ0n) is 14.1. The Morgan fingerprint density at radius 3 is 2.25 bits per heavy atom. The summed E-state index contributed by atoms with van der Waals surface area (Å²) in [6, 6.07) is 8.29. The van der Waals surface area contributed by atoms with Gasteiger partial charge in [0.05, 0.1) is 5.56 Å². The van der Waals surface area contributed by atoms with E-state index in [4.69, 9.17) is 0 Å². The van der Waals surface area contributed by atoms with Crippen LogP contribution in [0.4, 0.5) is 11.6 Å². The highest BCUT2D eigenvalue weighted by atomic mass is 16.1. The third-order valence-corrected chi connectivity index (χ3v) is 4.41. The zero-order chi connectivity index (χ0) is 16.8. The number of hydrogen-bond acceptors (Lipinski definition) is 4. The first kappa shape index (κ1) is 16.4. The number of carbonyl (C=O) groups is 1. The van der Waals surface area contributed by atoms with Crippen molar-refractivity contribution in [3.05, 3.63) is 47.8 Å². The average Bonchev–Trinajstić information content (AvgIpc) is 2.86. The van der Waals surface area contributed by atoms with Crippen LogP contribution in [0.25, 0.3) is 0 Å². The van der Waals surface area contributed by atoms with Crippen molar-refractivity contribution in [3.63, 3.8) is 0 Å². The molecule has 1 aliphatic carbocycles. The van der Waals surface area contributed by atoms with Crippen LogP contribution in [0.1, 0.15) is 54.4 Å². The molecule has 1 aromatic carbocycles. The molecule has 126 valence electrons. The van der Waals surface area contributed by atoms with Crippen molar-refractivity contribution in [2.45, 2.75) is 51.5 Å². The summed E-state index contributed by atoms with van der Waals surface area (Å²) in [5.41, 5.74) is 2.64. The van der Waals surface area contributed by atoms with Crippen LogP contribution in [-0.4, -0.2) is 21.9 Å². The molecule has 24 heavy (non-hydrogen) atoms. The summed E-state index contributed by atoms with van der Waals surface area (Å²) in [5.74, 6) is 0.411. The van der Waals surface area contributed by atoms with Gasteiger partial charge in [-0.3, -0.25) is 4.79 Å². The summed E-state index contributed by atoms with van der Waals surface area (Å²) >= 11 is 0. The molecule has 0 spiro atoms. The third kappa shape index (κ3) is 4.54. The maximum Gasteiger partial charge on any atom is 0.254 e. The van der Waals surface area contributed by atoms with Crippen LogP contribution < -0.4 is 10.6 Å². The van der Waals surface area contributed by atoms with E-state index in [2.05, 4.69) is 20.6 Å². The van der Waals surface area contributed by atoms with Gasteiger partial charge in [0.2, 0.25) is 5.95 Å². The van der Waals surface area contributed by atoms with Gasteiger partial charge in [-0.2, -0.15) is 0 Å². The second-order valence-corrected chi connectivity index (χ2v) is 6.45. The molecule has 0 atom stereocenters. The Balaban J connectivity index is 1.58. The van der Waals surface area contributed by atoms with Gasteiger partial charge < -0.3 is 10.6 Å². The highest BCUT2D eigenvalue weighted by Gasteiger charge is 2.16. The highest BCUT2D eigenvalue weighted by molar-refractivity contribution is 5.93. The second-order valence-electron chi connectivity index (χ2n) is 6.45. The van der Waals surface area contributed by atoms with Gasteiger partial charge >= 0.3 is 0 Å². The Kier molecular flexibility index (Phi) is 5.41. The summed E-state index contributed by atoms with van der Waals surface area (Å²) in [6.45, 7) is 2.04. The molecule has 5 heteroatoms. The zero-order valence-corrected chi connectivity index (χ0v) is 14.1. The lowest BCUT2D eigenvalue weighted by molar-refractivity contribution is 0.0932. The van der Waals surface area contributed by atoms with Crippen LogP contribution in [-0.2, 0) is 0 Å². The Bertz CT molecular complexity index is 659. The number of aryl methyl sites for hydroxylation is 1. The third-order valence-electron chi connectivity index (χ3n) is 4.41. The van der Waals surface area contributed by atoms with E-state index in [1.54, 1.807) is 12.4 Å². The molecule has 0 unspecified atom stereocenters. The summed E-state index contributed by atoms with van der Waals surface area (Å²) in [7, 11) is 0. The van der Waals surface area contributed by atoms with Gasteiger partial charge in [0.25, 0.3) is 5.91 Å². The van der Waals surface area contributed by atoms with Crippen LogP contribution in [0.3, 0.4) is 0 Å². The largest absolute Gasteiger partial charge is 0.349 e. The fourth-order valence-corrected chi connectivity index (χ4v) is 2.97. The van der Waals surface area contributed by atoms with Gasteiger partial charge in [0, 0.05) is 24.1 Å². The van der Waals surface area contributed by atoms with Crippen LogP contribution in [0.15, 0.2) is 36.7 Å². The molecule has 2 aromatic rings. The molecule has 0 radical (unpaired) electrons. The number of aromatic nitrogens is 2. The number of rotatable bonds is 4. The number of nitrogens with one attached hydrogen (secondary N) is 2. The Hall–Kier alpha value is -2.43. The first-order chi connectivity index (χ1) is 11.7. The van der Waals surface area contributed by atoms with E-state index in [1.807, 2.05) is 31.2 Å². The monoisotopic (exact) mass is 324 g/mol. The van der Waals surface area contributed by atoms with Crippen LogP contribution in [0.2, 0.25) is 0 Å². The minimum atomic E-state index is -0.0798. The minimum absolute atomic E-state index is 0.0798. The van der Waals surface area contributed by atoms with Gasteiger partial charge in [0.1, 0.15) is 0 Å². The second kappa shape index (κ2) is 7.90. The van der Waals surface area contributed by atoms with Crippen LogP contribution in [0, 0.1) is 6.92 Å². The quantitative estimate of drug-likeness (QED) is 0.835. The SMILES string of the molecule is Cc1ccc(Nc2ncc(C(=O)NC3CCCCCC3)cn2)cc1. The molecular weight excluding hydrogens is 300 g/mol. The fraction of sp³-hybridized carbons (Fsp3) is 0.421. The standard InChI is InChI=1S/C19H24N4O/c1-14-8-10-17(11-9-14)23-19-20-12-15(13-21-19)18(24)22-16-6-4-2-3-5-7-16/h8-13,16H,2-7H2,1H3,(H,22,24)(H,20,21,23). The fourth-order valence-electron chi connectivity index (χ4n) is 2.97. The Labute approximate surface area is 142 Å². The van der Waals surface area contributed by atoms with Crippen molar-refractivity contribution in [3.8, 4) is 0 Å². The van der Waals surface area contributed by atoms with E-state index in [9.17, 15) is 4.79 Å². The summed E-state index contributed by atoms with van der Waals surface area (Å²) in [6.07, 6.45) is 10.2. The number of carbonyl (C=O) groups excluding carboxylic acids is 1. The first-order valence-corrected chi connectivity index (χ1v) is 8.67. The van der Waals surface area contributed by atoms with Crippen LogP contribution in [0.5, 0.6) is 0 Å². The first-order valence-electron chi connectivity index (χ1n) is 8.67. The van der Waals surface area contributed by atoms with Crippen molar-refractivity contribution in [2.24, 2.45) is 0 Å². The van der Waals surface area contributed by atoms with E-state index in [1.165, 1.54) is 31.2 Å². The summed E-state index contributed by atoms with van der Waals surface area (Å²) in [4.78, 5) is 20.8.